The molecular weight excluding hydrogens is 354 g/mol. The van der Waals surface area contributed by atoms with E-state index in [0.717, 1.165) is 12.4 Å². The second-order valence-electron chi connectivity index (χ2n) is 4.60. The van der Waals surface area contributed by atoms with Crippen molar-refractivity contribution < 1.29 is 36.2 Å². The largest absolute Gasteiger partial charge is 0.481 e. The Morgan fingerprint density at radius 3 is 2.12 bits per heavy atom. The van der Waals surface area contributed by atoms with Crippen LogP contribution in [0.5, 0.6) is 0 Å². The quantitative estimate of drug-likeness (QED) is 0.767. The van der Waals surface area contributed by atoms with Crippen molar-refractivity contribution in [3.05, 3.63) is 41.2 Å². The summed E-state index contributed by atoms with van der Waals surface area (Å²) in [6.07, 6.45) is -9.12. The maximum atomic E-state index is 13.1. The molecule has 0 aliphatic heterocycles. The summed E-state index contributed by atoms with van der Waals surface area (Å²) in [5, 5.41) is 14.5. The third kappa shape index (κ3) is 4.97. The van der Waals surface area contributed by atoms with Crippen LogP contribution >= 0.6 is 0 Å². The predicted molar refractivity (Wildman–Crippen MR) is 76.7 cm³/mol. The van der Waals surface area contributed by atoms with Crippen LogP contribution in [0.25, 0.3) is 11.1 Å². The molecule has 0 radical (unpaired) electrons. The van der Waals surface area contributed by atoms with Crippen molar-refractivity contribution in [1.82, 2.24) is 10.2 Å². The van der Waals surface area contributed by atoms with Crippen molar-refractivity contribution >= 4 is 5.97 Å². The minimum Gasteiger partial charge on any atom is -0.481 e. The van der Waals surface area contributed by atoms with Crippen LogP contribution < -0.4 is 0 Å². The lowest BCUT2D eigenvalue weighted by Gasteiger charge is -2.18. The summed E-state index contributed by atoms with van der Waals surface area (Å²) in [4.78, 5) is 10.8. The van der Waals surface area contributed by atoms with E-state index >= 15 is 0 Å². The van der Waals surface area contributed by atoms with Gasteiger partial charge in [-0.25, -0.2) is 0 Å². The summed E-state index contributed by atoms with van der Waals surface area (Å²) < 4.78 is 77.9. The molecule has 0 bridgehead atoms. The maximum Gasteiger partial charge on any atom is 0.416 e. The Labute approximate surface area is 138 Å². The molecule has 0 fully saturated rings. The van der Waals surface area contributed by atoms with E-state index in [2.05, 4.69) is 10.2 Å². The smallest absolute Gasteiger partial charge is 0.416 e. The number of rotatable bonds is 3. The second-order valence-corrected chi connectivity index (χ2v) is 4.60. The molecule has 0 unspecified atom stereocenters. The SMILES string of the molecule is CC.O=C(O)Cc1c(-c2cn[nH]c2)cc(C(F)(F)F)cc1C(F)(F)F. The Balaban J connectivity index is 0.00000151. The molecule has 10 heteroatoms. The van der Waals surface area contributed by atoms with E-state index in [1.54, 1.807) is 0 Å². The number of aromatic amines is 1. The van der Waals surface area contributed by atoms with E-state index in [1.807, 2.05) is 13.8 Å². The van der Waals surface area contributed by atoms with Gasteiger partial charge in [0.25, 0.3) is 0 Å². The van der Waals surface area contributed by atoms with Gasteiger partial charge in [-0.05, 0) is 23.3 Å². The number of alkyl halides is 6. The fraction of sp³-hybridized carbons (Fsp3) is 0.333. The Bertz CT molecular complexity index is 721. The van der Waals surface area contributed by atoms with Crippen molar-refractivity contribution in [3.8, 4) is 11.1 Å². The Morgan fingerprint density at radius 2 is 1.72 bits per heavy atom. The number of nitrogens with zero attached hydrogens (tertiary/aromatic N) is 1. The summed E-state index contributed by atoms with van der Waals surface area (Å²) in [5.41, 5.74) is -4.46. The first-order valence-electron chi connectivity index (χ1n) is 7.02. The van der Waals surface area contributed by atoms with Gasteiger partial charge < -0.3 is 5.11 Å². The average Bonchev–Trinajstić information content (AvgIpc) is 3.00. The Morgan fingerprint density at radius 1 is 1.12 bits per heavy atom. The first kappa shape index (κ1) is 20.5. The van der Waals surface area contributed by atoms with E-state index in [1.165, 1.54) is 0 Å². The summed E-state index contributed by atoms with van der Waals surface area (Å²) in [5.74, 6) is -1.60. The topological polar surface area (TPSA) is 66.0 Å². The summed E-state index contributed by atoms with van der Waals surface area (Å²) in [7, 11) is 0. The lowest BCUT2D eigenvalue weighted by atomic mass is 9.91. The van der Waals surface area contributed by atoms with E-state index in [9.17, 15) is 31.1 Å². The van der Waals surface area contributed by atoms with Gasteiger partial charge in [-0.1, -0.05) is 13.8 Å². The lowest BCUT2D eigenvalue weighted by molar-refractivity contribution is -0.143. The summed E-state index contributed by atoms with van der Waals surface area (Å²) >= 11 is 0. The van der Waals surface area contributed by atoms with Crippen molar-refractivity contribution in [2.24, 2.45) is 0 Å². The molecule has 0 aliphatic rings. The number of carboxylic acid groups (broad SMARTS) is 1. The zero-order valence-corrected chi connectivity index (χ0v) is 13.1. The lowest BCUT2D eigenvalue weighted by Crippen LogP contribution is -2.16. The minimum atomic E-state index is -5.13. The number of aromatic nitrogens is 2. The number of aliphatic carboxylic acids is 1. The van der Waals surface area contributed by atoms with Crippen LogP contribution in [0.15, 0.2) is 24.5 Å². The molecule has 25 heavy (non-hydrogen) atoms. The molecule has 0 saturated heterocycles. The van der Waals surface area contributed by atoms with E-state index < -0.39 is 47.0 Å². The van der Waals surface area contributed by atoms with E-state index in [0.29, 0.717) is 6.07 Å². The average molecular weight is 368 g/mol. The summed E-state index contributed by atoms with van der Waals surface area (Å²) in [6.45, 7) is 4.00. The third-order valence-electron chi connectivity index (χ3n) is 3.02. The number of hydrogen-bond donors (Lipinski definition) is 2. The van der Waals surface area contributed by atoms with Crippen molar-refractivity contribution in [1.29, 1.82) is 0 Å². The molecule has 1 heterocycles. The molecular formula is C15H14F6N2O2. The highest BCUT2D eigenvalue weighted by atomic mass is 19.4. The fourth-order valence-corrected chi connectivity index (χ4v) is 2.09. The maximum absolute atomic E-state index is 13.1. The van der Waals surface area contributed by atoms with Gasteiger partial charge >= 0.3 is 18.3 Å². The van der Waals surface area contributed by atoms with Gasteiger partial charge in [-0.2, -0.15) is 31.4 Å². The zero-order chi connectivity index (χ0) is 19.4. The van der Waals surface area contributed by atoms with Crippen LogP contribution in [0.3, 0.4) is 0 Å². The monoisotopic (exact) mass is 368 g/mol. The standard InChI is InChI=1S/C13H8F6N2O2.C2H6/c14-12(15,16)7-1-8(6-4-20-21-5-6)9(3-11(22)23)10(2-7)13(17,18)19;1-2/h1-2,4-5H,3H2,(H,20,21)(H,22,23);1-2H3. The number of carbonyl (C=O) groups is 1. The van der Waals surface area contributed by atoms with Crippen molar-refractivity contribution in [3.63, 3.8) is 0 Å². The highest BCUT2D eigenvalue weighted by Crippen LogP contribution is 2.41. The third-order valence-corrected chi connectivity index (χ3v) is 3.02. The predicted octanol–water partition coefficient (Wildman–Crippen LogP) is 4.77. The molecule has 1 aromatic heterocycles. The molecule has 4 nitrogen and oxygen atoms in total. The molecule has 138 valence electrons. The van der Waals surface area contributed by atoms with Crippen LogP contribution in [0.1, 0.15) is 30.5 Å². The number of carboxylic acids is 1. The van der Waals surface area contributed by atoms with Gasteiger partial charge in [0.05, 0.1) is 23.7 Å². The van der Waals surface area contributed by atoms with Crippen molar-refractivity contribution in [2.45, 2.75) is 32.6 Å². The number of hydrogen-bond acceptors (Lipinski definition) is 2. The van der Waals surface area contributed by atoms with Crippen LogP contribution in [-0.2, 0) is 23.6 Å². The van der Waals surface area contributed by atoms with E-state index in [-0.39, 0.29) is 11.6 Å². The molecule has 0 spiro atoms. The van der Waals surface area contributed by atoms with Gasteiger partial charge in [0, 0.05) is 11.8 Å². The van der Waals surface area contributed by atoms with Crippen LogP contribution in [-0.4, -0.2) is 21.3 Å². The number of benzene rings is 1. The molecule has 0 aliphatic carbocycles. The van der Waals surface area contributed by atoms with E-state index in [4.69, 9.17) is 5.11 Å². The molecule has 2 rings (SSSR count). The zero-order valence-electron chi connectivity index (χ0n) is 13.1. The van der Waals surface area contributed by atoms with Gasteiger partial charge in [0.1, 0.15) is 0 Å². The van der Waals surface area contributed by atoms with Gasteiger partial charge in [-0.15, -0.1) is 0 Å². The van der Waals surface area contributed by atoms with Gasteiger partial charge in [0.15, 0.2) is 0 Å². The minimum absolute atomic E-state index is 0.0714. The molecule has 0 atom stereocenters. The number of H-pyrrole nitrogens is 1. The molecule has 0 saturated carbocycles. The molecule has 2 N–H and O–H groups in total. The normalized spacial score (nSPS) is 11.7. The molecule has 2 aromatic rings. The van der Waals surface area contributed by atoms with Crippen molar-refractivity contribution in [2.75, 3.05) is 0 Å². The second kappa shape index (κ2) is 7.58. The molecule has 1 aromatic carbocycles. The Hall–Kier alpha value is -2.52. The summed E-state index contributed by atoms with van der Waals surface area (Å²) in [6, 6.07) is 0.403. The highest BCUT2D eigenvalue weighted by molar-refractivity contribution is 5.78. The number of halogens is 6. The number of nitrogens with one attached hydrogen (secondary N) is 1. The van der Waals surface area contributed by atoms with Gasteiger partial charge in [0.2, 0.25) is 0 Å². The van der Waals surface area contributed by atoms with Gasteiger partial charge in [-0.3, -0.25) is 9.89 Å². The first-order valence-corrected chi connectivity index (χ1v) is 7.02. The fourth-order valence-electron chi connectivity index (χ4n) is 2.09. The molecule has 0 amide bonds. The first-order chi connectivity index (χ1) is 11.5. The van der Waals surface area contributed by atoms with Crippen LogP contribution in [0.4, 0.5) is 26.3 Å². The van der Waals surface area contributed by atoms with Crippen LogP contribution in [0, 0.1) is 0 Å². The van der Waals surface area contributed by atoms with Crippen LogP contribution in [0.2, 0.25) is 0 Å². The Kier molecular flexibility index (Phi) is 6.22. The highest BCUT2D eigenvalue weighted by Gasteiger charge is 2.40.